The Bertz CT molecular complexity index is 566. The van der Waals surface area contributed by atoms with Crippen LogP contribution in [-0.2, 0) is 0 Å². The second-order valence-corrected chi connectivity index (χ2v) is 4.86. The van der Waals surface area contributed by atoms with Gasteiger partial charge in [-0.15, -0.1) is 0 Å². The highest BCUT2D eigenvalue weighted by Crippen LogP contribution is 2.30. The summed E-state index contributed by atoms with van der Waals surface area (Å²) in [5, 5.41) is 3.46. The number of halogens is 1. The van der Waals surface area contributed by atoms with Crippen LogP contribution in [0.3, 0.4) is 0 Å². The zero-order valence-corrected chi connectivity index (χ0v) is 12.1. The second-order valence-electron chi connectivity index (χ2n) is 4.86. The van der Waals surface area contributed by atoms with Gasteiger partial charge in [-0.05, 0) is 48.7 Å². The van der Waals surface area contributed by atoms with Crippen molar-refractivity contribution in [2.45, 2.75) is 26.3 Å². The Balaban J connectivity index is 2.24. The van der Waals surface area contributed by atoms with Gasteiger partial charge in [0.15, 0.2) is 0 Å². The molecule has 0 radical (unpaired) electrons. The smallest absolute Gasteiger partial charge is 0.142 e. The Kier molecular flexibility index (Phi) is 4.61. The van der Waals surface area contributed by atoms with Crippen LogP contribution in [0.25, 0.3) is 0 Å². The maximum absolute atomic E-state index is 13.0. The first kappa shape index (κ1) is 14.4. The first-order valence-corrected chi connectivity index (χ1v) is 6.80. The lowest BCUT2D eigenvalue weighted by Gasteiger charge is -2.20. The Morgan fingerprint density at radius 2 is 1.85 bits per heavy atom. The van der Waals surface area contributed by atoms with E-state index < -0.39 is 0 Å². The average molecular weight is 273 g/mol. The summed E-state index contributed by atoms with van der Waals surface area (Å²) < 4.78 is 18.4. The molecule has 2 rings (SSSR count). The molecule has 1 unspecified atom stereocenters. The molecule has 2 aromatic carbocycles. The minimum Gasteiger partial charge on any atom is -0.495 e. The highest BCUT2D eigenvalue weighted by atomic mass is 19.1. The average Bonchev–Trinajstić information content (AvgIpc) is 2.47. The summed E-state index contributed by atoms with van der Waals surface area (Å²) in [6.07, 6.45) is 0.905. The van der Waals surface area contributed by atoms with Crippen LogP contribution in [0, 0.1) is 12.7 Å². The minimum absolute atomic E-state index is 0.132. The van der Waals surface area contributed by atoms with E-state index in [-0.39, 0.29) is 11.9 Å². The van der Waals surface area contributed by atoms with E-state index in [1.54, 1.807) is 7.11 Å². The SMILES string of the molecule is CCC(Nc1ccc(C)cc1OC)c1ccc(F)cc1. The van der Waals surface area contributed by atoms with Gasteiger partial charge >= 0.3 is 0 Å². The quantitative estimate of drug-likeness (QED) is 0.852. The molecule has 106 valence electrons. The molecule has 0 aliphatic heterocycles. The number of methoxy groups -OCH3 is 1. The third kappa shape index (κ3) is 3.29. The highest BCUT2D eigenvalue weighted by molar-refractivity contribution is 5.58. The molecule has 0 heterocycles. The molecule has 0 fully saturated rings. The van der Waals surface area contributed by atoms with Crippen molar-refractivity contribution in [1.82, 2.24) is 0 Å². The largest absolute Gasteiger partial charge is 0.495 e. The summed E-state index contributed by atoms with van der Waals surface area (Å²) in [7, 11) is 1.67. The highest BCUT2D eigenvalue weighted by Gasteiger charge is 2.12. The fourth-order valence-corrected chi connectivity index (χ4v) is 2.22. The number of hydrogen-bond acceptors (Lipinski definition) is 2. The lowest BCUT2D eigenvalue weighted by Crippen LogP contribution is -2.10. The number of ether oxygens (including phenoxy) is 1. The van der Waals surface area contributed by atoms with E-state index in [4.69, 9.17) is 4.74 Å². The lowest BCUT2D eigenvalue weighted by atomic mass is 10.0. The standard InChI is InChI=1S/C17H20FNO/c1-4-15(13-6-8-14(18)9-7-13)19-16-10-5-12(2)11-17(16)20-3/h5-11,15,19H,4H2,1-3H3. The molecule has 2 aromatic rings. The molecule has 0 saturated heterocycles. The molecular weight excluding hydrogens is 253 g/mol. The summed E-state index contributed by atoms with van der Waals surface area (Å²) in [4.78, 5) is 0. The van der Waals surface area contributed by atoms with Gasteiger partial charge in [-0.1, -0.05) is 25.1 Å². The summed E-state index contributed by atoms with van der Waals surface area (Å²) in [6.45, 7) is 4.13. The van der Waals surface area contributed by atoms with Crippen molar-refractivity contribution < 1.29 is 9.13 Å². The molecule has 3 heteroatoms. The normalized spacial score (nSPS) is 12.0. The predicted molar refractivity (Wildman–Crippen MR) is 80.8 cm³/mol. The van der Waals surface area contributed by atoms with Gasteiger partial charge in [0.2, 0.25) is 0 Å². The van der Waals surface area contributed by atoms with E-state index in [9.17, 15) is 4.39 Å². The van der Waals surface area contributed by atoms with Crippen molar-refractivity contribution in [3.05, 3.63) is 59.4 Å². The zero-order valence-electron chi connectivity index (χ0n) is 12.1. The third-order valence-corrected chi connectivity index (χ3v) is 3.37. The summed E-state index contributed by atoms with van der Waals surface area (Å²) >= 11 is 0. The van der Waals surface area contributed by atoms with Crippen LogP contribution < -0.4 is 10.1 Å². The first-order chi connectivity index (χ1) is 9.63. The summed E-state index contributed by atoms with van der Waals surface area (Å²) in [5.41, 5.74) is 3.17. The van der Waals surface area contributed by atoms with Crippen LogP contribution in [0.5, 0.6) is 5.75 Å². The fourth-order valence-electron chi connectivity index (χ4n) is 2.22. The summed E-state index contributed by atoms with van der Waals surface area (Å²) in [5.74, 6) is 0.613. The first-order valence-electron chi connectivity index (χ1n) is 6.80. The third-order valence-electron chi connectivity index (χ3n) is 3.37. The number of benzene rings is 2. The number of hydrogen-bond donors (Lipinski definition) is 1. The molecule has 0 spiro atoms. The fraction of sp³-hybridized carbons (Fsp3) is 0.294. The monoisotopic (exact) mass is 273 g/mol. The van der Waals surface area contributed by atoms with E-state index in [1.807, 2.05) is 37.3 Å². The molecule has 1 N–H and O–H groups in total. The van der Waals surface area contributed by atoms with Crippen LogP contribution in [0.15, 0.2) is 42.5 Å². The van der Waals surface area contributed by atoms with Crippen molar-refractivity contribution in [1.29, 1.82) is 0 Å². The lowest BCUT2D eigenvalue weighted by molar-refractivity contribution is 0.415. The molecular formula is C17H20FNO. The zero-order chi connectivity index (χ0) is 14.5. The van der Waals surface area contributed by atoms with Crippen LogP contribution in [0.1, 0.15) is 30.5 Å². The molecule has 0 aliphatic rings. The number of anilines is 1. The maximum Gasteiger partial charge on any atom is 0.142 e. The van der Waals surface area contributed by atoms with E-state index in [2.05, 4.69) is 12.2 Å². The Hall–Kier alpha value is -2.03. The molecule has 20 heavy (non-hydrogen) atoms. The van der Waals surface area contributed by atoms with Crippen molar-refractivity contribution in [2.75, 3.05) is 12.4 Å². The number of rotatable bonds is 5. The van der Waals surface area contributed by atoms with Gasteiger partial charge in [0.25, 0.3) is 0 Å². The van der Waals surface area contributed by atoms with E-state index >= 15 is 0 Å². The van der Waals surface area contributed by atoms with Gasteiger partial charge in [0.05, 0.1) is 18.8 Å². The Morgan fingerprint density at radius 1 is 1.15 bits per heavy atom. The molecule has 0 bridgehead atoms. The van der Waals surface area contributed by atoms with Crippen molar-refractivity contribution in [3.63, 3.8) is 0 Å². The molecule has 1 atom stereocenters. The van der Waals surface area contributed by atoms with Crippen molar-refractivity contribution >= 4 is 5.69 Å². The Labute approximate surface area is 119 Å². The predicted octanol–water partition coefficient (Wildman–Crippen LogP) is 4.71. The van der Waals surface area contributed by atoms with Gasteiger partial charge in [0.1, 0.15) is 11.6 Å². The van der Waals surface area contributed by atoms with Gasteiger partial charge in [-0.3, -0.25) is 0 Å². The van der Waals surface area contributed by atoms with Crippen LogP contribution >= 0.6 is 0 Å². The van der Waals surface area contributed by atoms with Crippen LogP contribution in [0.4, 0.5) is 10.1 Å². The van der Waals surface area contributed by atoms with Gasteiger partial charge in [0, 0.05) is 0 Å². The van der Waals surface area contributed by atoms with Crippen LogP contribution in [0.2, 0.25) is 0 Å². The van der Waals surface area contributed by atoms with E-state index in [1.165, 1.54) is 12.1 Å². The van der Waals surface area contributed by atoms with Crippen LogP contribution in [-0.4, -0.2) is 7.11 Å². The Morgan fingerprint density at radius 3 is 2.45 bits per heavy atom. The number of aryl methyl sites for hydroxylation is 1. The molecule has 2 nitrogen and oxygen atoms in total. The van der Waals surface area contributed by atoms with Crippen molar-refractivity contribution in [2.24, 2.45) is 0 Å². The van der Waals surface area contributed by atoms with Crippen molar-refractivity contribution in [3.8, 4) is 5.75 Å². The molecule has 0 saturated carbocycles. The minimum atomic E-state index is -0.212. The van der Waals surface area contributed by atoms with Gasteiger partial charge in [-0.2, -0.15) is 0 Å². The maximum atomic E-state index is 13.0. The molecule has 0 aliphatic carbocycles. The van der Waals surface area contributed by atoms with Gasteiger partial charge < -0.3 is 10.1 Å². The van der Waals surface area contributed by atoms with Gasteiger partial charge in [-0.25, -0.2) is 4.39 Å². The number of nitrogens with one attached hydrogen (secondary N) is 1. The second kappa shape index (κ2) is 6.42. The van der Waals surface area contributed by atoms with E-state index in [0.717, 1.165) is 29.0 Å². The summed E-state index contributed by atoms with van der Waals surface area (Å²) in [6, 6.07) is 12.8. The van der Waals surface area contributed by atoms with E-state index in [0.29, 0.717) is 0 Å². The molecule has 0 aromatic heterocycles. The topological polar surface area (TPSA) is 21.3 Å². The molecule has 0 amide bonds.